The molecule has 0 saturated carbocycles. The van der Waals surface area contributed by atoms with E-state index in [0.29, 0.717) is 0 Å². The fourth-order valence-electron chi connectivity index (χ4n) is 2.81. The van der Waals surface area contributed by atoms with Gasteiger partial charge >= 0.3 is 5.97 Å². The average molecular weight is 268 g/mol. The summed E-state index contributed by atoms with van der Waals surface area (Å²) >= 11 is 0. The van der Waals surface area contributed by atoms with Gasteiger partial charge in [0, 0.05) is 17.0 Å². The number of aliphatic carboxylic acids is 1. The summed E-state index contributed by atoms with van der Waals surface area (Å²) in [6, 6.07) is 15.3. The summed E-state index contributed by atoms with van der Waals surface area (Å²) in [4.78, 5) is 11.7. The highest BCUT2D eigenvalue weighted by Crippen LogP contribution is 2.51. The van der Waals surface area contributed by atoms with Gasteiger partial charge in [-0.1, -0.05) is 36.4 Å². The predicted octanol–water partition coefficient (Wildman–Crippen LogP) is 4.04. The molecule has 0 saturated heterocycles. The normalized spacial score (nSPS) is 14.1. The van der Waals surface area contributed by atoms with E-state index in [9.17, 15) is 9.90 Å². The molecule has 3 nitrogen and oxygen atoms in total. The lowest BCUT2D eigenvalue weighted by molar-refractivity contribution is -0.147. The van der Waals surface area contributed by atoms with Gasteiger partial charge in [0.05, 0.1) is 5.41 Å². The van der Waals surface area contributed by atoms with Crippen LogP contribution in [0.1, 0.15) is 30.9 Å². The maximum absolute atomic E-state index is 11.7. The van der Waals surface area contributed by atoms with Crippen molar-refractivity contribution in [2.45, 2.75) is 19.8 Å². The summed E-state index contributed by atoms with van der Waals surface area (Å²) in [5.74, 6) is 0.450. The summed E-state index contributed by atoms with van der Waals surface area (Å²) in [6.45, 7) is 3.53. The van der Waals surface area contributed by atoms with Gasteiger partial charge in [-0.05, 0) is 26.0 Å². The van der Waals surface area contributed by atoms with Gasteiger partial charge in [-0.15, -0.1) is 0 Å². The van der Waals surface area contributed by atoms with Gasteiger partial charge in [0.2, 0.25) is 0 Å². The number of fused-ring (bicyclic) bond motifs is 2. The molecule has 0 atom stereocenters. The van der Waals surface area contributed by atoms with Gasteiger partial charge in [-0.2, -0.15) is 0 Å². The molecule has 0 spiro atoms. The van der Waals surface area contributed by atoms with Crippen molar-refractivity contribution in [2.24, 2.45) is 5.41 Å². The van der Waals surface area contributed by atoms with Gasteiger partial charge in [0.1, 0.15) is 11.5 Å². The van der Waals surface area contributed by atoms with Crippen LogP contribution in [0.5, 0.6) is 11.5 Å². The quantitative estimate of drug-likeness (QED) is 0.894. The van der Waals surface area contributed by atoms with Crippen LogP contribution < -0.4 is 4.74 Å². The second-order valence-corrected chi connectivity index (χ2v) is 5.64. The fourth-order valence-corrected chi connectivity index (χ4v) is 2.81. The third-order valence-corrected chi connectivity index (χ3v) is 3.95. The van der Waals surface area contributed by atoms with E-state index in [2.05, 4.69) is 0 Å². The number of carboxylic acid groups (broad SMARTS) is 1. The number of hydrogen-bond acceptors (Lipinski definition) is 2. The van der Waals surface area contributed by atoms with Crippen molar-refractivity contribution in [3.05, 3.63) is 59.7 Å². The minimum atomic E-state index is -0.907. The van der Waals surface area contributed by atoms with Crippen LogP contribution in [0.4, 0.5) is 0 Å². The van der Waals surface area contributed by atoms with E-state index in [4.69, 9.17) is 4.74 Å². The van der Waals surface area contributed by atoms with Crippen LogP contribution >= 0.6 is 0 Å². The molecule has 20 heavy (non-hydrogen) atoms. The maximum atomic E-state index is 11.7. The molecule has 0 fully saturated rings. The number of ether oxygens (including phenoxy) is 1. The first-order valence-electron chi connectivity index (χ1n) is 6.61. The molecular weight excluding hydrogens is 252 g/mol. The van der Waals surface area contributed by atoms with Gasteiger partial charge < -0.3 is 9.84 Å². The molecule has 2 aromatic rings. The van der Waals surface area contributed by atoms with E-state index >= 15 is 0 Å². The standard InChI is InChI=1S/C17H16O3/c1-17(2,16(18)19)15-11-7-3-5-9-13(11)20-14-10-6-4-8-12(14)15/h3-10,15H,1-2H3,(H,18,19). The van der Waals surface area contributed by atoms with E-state index in [1.165, 1.54) is 0 Å². The lowest BCUT2D eigenvalue weighted by atomic mass is 9.70. The zero-order chi connectivity index (χ0) is 14.3. The minimum absolute atomic E-state index is 0.221. The van der Waals surface area contributed by atoms with Crippen LogP contribution in [0.15, 0.2) is 48.5 Å². The third kappa shape index (κ3) is 1.78. The minimum Gasteiger partial charge on any atom is -0.481 e. The molecule has 1 aliphatic rings. The highest BCUT2D eigenvalue weighted by Gasteiger charge is 2.43. The van der Waals surface area contributed by atoms with Crippen molar-refractivity contribution in [2.75, 3.05) is 0 Å². The van der Waals surface area contributed by atoms with Crippen LogP contribution in [0.2, 0.25) is 0 Å². The third-order valence-electron chi connectivity index (χ3n) is 3.95. The molecule has 1 aliphatic heterocycles. The molecule has 102 valence electrons. The lowest BCUT2D eigenvalue weighted by Gasteiger charge is -2.36. The number of rotatable bonds is 2. The molecule has 1 N–H and O–H groups in total. The van der Waals surface area contributed by atoms with Crippen molar-refractivity contribution in [3.8, 4) is 11.5 Å². The molecule has 3 heteroatoms. The first-order valence-corrected chi connectivity index (χ1v) is 6.61. The molecule has 3 rings (SSSR count). The van der Waals surface area contributed by atoms with E-state index in [-0.39, 0.29) is 5.92 Å². The summed E-state index contributed by atoms with van der Waals surface area (Å²) in [5.41, 5.74) is 0.952. The predicted molar refractivity (Wildman–Crippen MR) is 76.2 cm³/mol. The highest BCUT2D eigenvalue weighted by molar-refractivity contribution is 5.77. The number of hydrogen-bond donors (Lipinski definition) is 1. The van der Waals surface area contributed by atoms with Crippen molar-refractivity contribution >= 4 is 5.97 Å². The Kier molecular flexibility index (Phi) is 2.78. The van der Waals surface area contributed by atoms with E-state index in [1.54, 1.807) is 13.8 Å². The van der Waals surface area contributed by atoms with Crippen LogP contribution in [0.3, 0.4) is 0 Å². The van der Waals surface area contributed by atoms with E-state index in [0.717, 1.165) is 22.6 Å². The Morgan fingerprint density at radius 1 is 1.00 bits per heavy atom. The highest BCUT2D eigenvalue weighted by atomic mass is 16.5. The first-order chi connectivity index (χ1) is 9.51. The van der Waals surface area contributed by atoms with Gasteiger partial charge in [-0.25, -0.2) is 0 Å². The van der Waals surface area contributed by atoms with Crippen molar-refractivity contribution in [1.29, 1.82) is 0 Å². The molecule has 0 amide bonds. The molecule has 0 aliphatic carbocycles. The summed E-state index contributed by atoms with van der Waals surface area (Å²) in [6.07, 6.45) is 0. The molecular formula is C17H16O3. The Bertz CT molecular complexity index is 628. The van der Waals surface area contributed by atoms with Crippen LogP contribution in [0.25, 0.3) is 0 Å². The Morgan fingerprint density at radius 3 is 1.90 bits per heavy atom. The smallest absolute Gasteiger partial charge is 0.310 e. The van der Waals surface area contributed by atoms with Gasteiger partial charge in [-0.3, -0.25) is 4.79 Å². The molecule has 2 aromatic carbocycles. The molecule has 1 heterocycles. The Hall–Kier alpha value is -2.29. The van der Waals surface area contributed by atoms with Crippen LogP contribution in [-0.2, 0) is 4.79 Å². The SMILES string of the molecule is CC(C)(C(=O)O)C1c2ccccc2Oc2ccccc21. The monoisotopic (exact) mass is 268 g/mol. The Balaban J connectivity index is 2.25. The Morgan fingerprint density at radius 2 is 1.45 bits per heavy atom. The van der Waals surface area contributed by atoms with Crippen LogP contribution in [0, 0.1) is 5.41 Å². The second kappa shape index (κ2) is 4.37. The van der Waals surface area contributed by atoms with Crippen molar-refractivity contribution in [3.63, 3.8) is 0 Å². The second-order valence-electron chi connectivity index (χ2n) is 5.64. The van der Waals surface area contributed by atoms with Gasteiger partial charge in [0.15, 0.2) is 0 Å². The summed E-state index contributed by atoms with van der Waals surface area (Å²) in [7, 11) is 0. The summed E-state index contributed by atoms with van der Waals surface area (Å²) < 4.78 is 5.89. The van der Waals surface area contributed by atoms with Gasteiger partial charge in [0.25, 0.3) is 0 Å². The summed E-state index contributed by atoms with van der Waals surface area (Å²) in [5, 5.41) is 9.60. The maximum Gasteiger partial charge on any atom is 0.310 e. The fraction of sp³-hybridized carbons (Fsp3) is 0.235. The molecule has 0 radical (unpaired) electrons. The van der Waals surface area contributed by atoms with E-state index in [1.807, 2.05) is 48.5 Å². The largest absolute Gasteiger partial charge is 0.481 e. The first kappa shape index (κ1) is 12.7. The lowest BCUT2D eigenvalue weighted by Crippen LogP contribution is -2.33. The molecule has 0 bridgehead atoms. The topological polar surface area (TPSA) is 46.5 Å². The molecule has 0 aromatic heterocycles. The zero-order valence-corrected chi connectivity index (χ0v) is 11.5. The van der Waals surface area contributed by atoms with Crippen molar-refractivity contribution in [1.82, 2.24) is 0 Å². The number of carboxylic acids is 1. The van der Waals surface area contributed by atoms with Crippen molar-refractivity contribution < 1.29 is 14.6 Å². The number of carbonyl (C=O) groups is 1. The number of benzene rings is 2. The molecule has 0 unspecified atom stereocenters. The van der Waals surface area contributed by atoms with Crippen LogP contribution in [-0.4, -0.2) is 11.1 Å². The average Bonchev–Trinajstić information content (AvgIpc) is 2.44. The number of para-hydroxylation sites is 2. The van der Waals surface area contributed by atoms with E-state index < -0.39 is 11.4 Å². The zero-order valence-electron chi connectivity index (χ0n) is 11.5. The Labute approximate surface area is 117 Å².